The Bertz CT molecular complexity index is 920. The summed E-state index contributed by atoms with van der Waals surface area (Å²) in [5, 5.41) is 0. The Morgan fingerprint density at radius 2 is 0.897 bits per heavy atom. The van der Waals surface area contributed by atoms with Gasteiger partial charge in [0.1, 0.15) is 0 Å². The maximum Gasteiger partial charge on any atom is -1.00 e. The summed E-state index contributed by atoms with van der Waals surface area (Å²) >= 11 is -0.788. The van der Waals surface area contributed by atoms with Crippen molar-refractivity contribution in [3.63, 3.8) is 0 Å². The standard InChI is InChI=1S/2C13H13.2ClH.Zr/c2*1-10-6-8-12(9-7-10)13-5-3-4-11(13)2;;;/h2*4,6-9H,3H2,1-2H3;2*1H;/q;;;;+2/p-2. The Kier molecular flexibility index (Phi) is 8.53. The fourth-order valence-electron chi connectivity index (χ4n) is 4.05. The summed E-state index contributed by atoms with van der Waals surface area (Å²) in [5.74, 6) is 0. The van der Waals surface area contributed by atoms with E-state index in [4.69, 9.17) is 0 Å². The Labute approximate surface area is 199 Å². The molecule has 0 radical (unpaired) electrons. The average molecular weight is 501 g/mol. The Morgan fingerprint density at radius 3 is 1.24 bits per heavy atom. The van der Waals surface area contributed by atoms with E-state index in [-0.39, 0.29) is 24.8 Å². The second-order valence-corrected chi connectivity index (χ2v) is 11.3. The number of rotatable bonds is 4. The Morgan fingerprint density at radius 1 is 0.552 bits per heavy atom. The zero-order valence-corrected chi connectivity index (χ0v) is 21.4. The van der Waals surface area contributed by atoms with Gasteiger partial charge in [-0.15, -0.1) is 0 Å². The van der Waals surface area contributed by atoms with Crippen LogP contribution in [-0.2, 0) is 23.2 Å². The van der Waals surface area contributed by atoms with Crippen molar-refractivity contribution in [3.8, 4) is 0 Å². The topological polar surface area (TPSA) is 0 Å². The Hall–Kier alpha value is -1.14. The van der Waals surface area contributed by atoms with Crippen LogP contribution in [0.15, 0.2) is 78.4 Å². The fraction of sp³-hybridized carbons (Fsp3) is 0.231. The first-order chi connectivity index (χ1) is 13.0. The molecule has 4 rings (SSSR count). The summed E-state index contributed by atoms with van der Waals surface area (Å²) in [7, 11) is 0. The van der Waals surface area contributed by atoms with Crippen LogP contribution >= 0.6 is 0 Å². The molecule has 0 fully saturated rings. The van der Waals surface area contributed by atoms with Crippen LogP contribution in [0.3, 0.4) is 0 Å². The van der Waals surface area contributed by atoms with E-state index in [0.717, 1.165) is 12.8 Å². The number of hydrogen-bond acceptors (Lipinski definition) is 0. The monoisotopic (exact) mass is 498 g/mol. The molecule has 29 heavy (non-hydrogen) atoms. The van der Waals surface area contributed by atoms with E-state index in [9.17, 15) is 0 Å². The van der Waals surface area contributed by atoms with Crippen LogP contribution in [-0.4, -0.2) is 0 Å². The molecule has 0 aromatic heterocycles. The van der Waals surface area contributed by atoms with Crippen molar-refractivity contribution in [2.75, 3.05) is 0 Å². The van der Waals surface area contributed by atoms with Crippen molar-refractivity contribution >= 4 is 11.1 Å². The van der Waals surface area contributed by atoms with Crippen LogP contribution in [0.2, 0.25) is 0 Å². The molecule has 0 unspecified atom stereocenters. The quantitative estimate of drug-likeness (QED) is 0.593. The maximum atomic E-state index is 2.44. The molecular formula is C26H26Cl2Zr. The third-order valence-corrected chi connectivity index (χ3v) is 9.32. The fourth-order valence-corrected chi connectivity index (χ4v) is 8.24. The zero-order valence-electron chi connectivity index (χ0n) is 17.4. The Balaban J connectivity index is 0.00000150. The molecule has 0 amide bonds. The van der Waals surface area contributed by atoms with E-state index >= 15 is 0 Å². The number of aryl methyl sites for hydroxylation is 2. The summed E-state index contributed by atoms with van der Waals surface area (Å²) < 4.78 is 3.48. The molecular weight excluding hydrogens is 474 g/mol. The van der Waals surface area contributed by atoms with Gasteiger partial charge in [-0.3, -0.25) is 0 Å². The predicted octanol–water partition coefficient (Wildman–Crippen LogP) is 1.22. The van der Waals surface area contributed by atoms with Gasteiger partial charge >= 0.3 is 176 Å². The number of hydrogen-bond donors (Lipinski definition) is 0. The molecule has 0 spiro atoms. The third-order valence-electron chi connectivity index (χ3n) is 5.60. The van der Waals surface area contributed by atoms with Gasteiger partial charge in [-0.2, -0.15) is 0 Å². The minimum absolute atomic E-state index is 0. The molecule has 0 atom stereocenters. The van der Waals surface area contributed by atoms with Crippen molar-refractivity contribution in [2.24, 2.45) is 0 Å². The third kappa shape index (κ3) is 5.14. The predicted molar refractivity (Wildman–Crippen MR) is 113 cm³/mol. The number of allylic oxidation sites excluding steroid dienone is 8. The van der Waals surface area contributed by atoms with Crippen molar-refractivity contribution in [2.45, 2.75) is 40.5 Å². The van der Waals surface area contributed by atoms with Gasteiger partial charge in [0.25, 0.3) is 0 Å². The number of halogens is 2. The number of benzene rings is 2. The van der Waals surface area contributed by atoms with Crippen molar-refractivity contribution in [1.29, 1.82) is 0 Å². The minimum atomic E-state index is -0.788. The van der Waals surface area contributed by atoms with E-state index in [1.165, 1.54) is 33.4 Å². The normalized spacial score (nSPS) is 15.4. The molecule has 0 nitrogen and oxygen atoms in total. The van der Waals surface area contributed by atoms with Crippen molar-refractivity contribution < 1.29 is 48.0 Å². The molecule has 3 heteroatoms. The zero-order chi connectivity index (χ0) is 19.0. The van der Waals surface area contributed by atoms with Gasteiger partial charge in [0.05, 0.1) is 0 Å². The second-order valence-electron chi connectivity index (χ2n) is 7.75. The summed E-state index contributed by atoms with van der Waals surface area (Å²) in [6.07, 6.45) is 7.19. The first kappa shape index (κ1) is 24.1. The first-order valence-electron chi connectivity index (χ1n) is 9.74. The second kappa shape index (κ2) is 10.3. The van der Waals surface area contributed by atoms with Gasteiger partial charge < -0.3 is 24.8 Å². The largest absolute Gasteiger partial charge is 1.00 e. The van der Waals surface area contributed by atoms with Gasteiger partial charge in [-0.25, -0.2) is 0 Å². The molecule has 2 aromatic carbocycles. The van der Waals surface area contributed by atoms with E-state index < -0.39 is 23.2 Å². The van der Waals surface area contributed by atoms with Crippen LogP contribution in [0, 0.1) is 13.8 Å². The average Bonchev–Trinajstić information content (AvgIpc) is 3.20. The van der Waals surface area contributed by atoms with Crippen molar-refractivity contribution in [3.05, 3.63) is 101 Å². The minimum Gasteiger partial charge on any atom is -1.00 e. The SMILES string of the molecule is CC1=CC[C]([Zr+2][C]2=C(c3ccc(C)cc3)C(C)=CC2)=C1c1ccc(C)cc1.[Cl-].[Cl-]. The molecule has 0 saturated carbocycles. The van der Waals surface area contributed by atoms with Gasteiger partial charge in [-0.05, 0) is 0 Å². The summed E-state index contributed by atoms with van der Waals surface area (Å²) in [6.45, 7) is 8.90. The molecule has 0 heterocycles. The van der Waals surface area contributed by atoms with Gasteiger partial charge in [-0.1, -0.05) is 0 Å². The maximum absolute atomic E-state index is 2.44. The summed E-state index contributed by atoms with van der Waals surface area (Å²) in [5.41, 5.74) is 11.5. The molecule has 2 aromatic rings. The first-order valence-corrected chi connectivity index (χ1v) is 12.2. The molecule has 0 N–H and O–H groups in total. The van der Waals surface area contributed by atoms with Crippen LogP contribution in [0.5, 0.6) is 0 Å². The van der Waals surface area contributed by atoms with E-state index in [1.54, 1.807) is 17.7 Å². The molecule has 0 bridgehead atoms. The van der Waals surface area contributed by atoms with Gasteiger partial charge in [0, 0.05) is 0 Å². The van der Waals surface area contributed by atoms with Crippen LogP contribution in [0.1, 0.15) is 48.9 Å². The van der Waals surface area contributed by atoms with E-state index in [1.807, 2.05) is 0 Å². The van der Waals surface area contributed by atoms with Crippen LogP contribution < -0.4 is 24.8 Å². The summed E-state index contributed by atoms with van der Waals surface area (Å²) in [6, 6.07) is 18.2. The van der Waals surface area contributed by atoms with Crippen LogP contribution in [0.4, 0.5) is 0 Å². The van der Waals surface area contributed by atoms with Gasteiger partial charge in [0.15, 0.2) is 0 Å². The molecule has 2 aliphatic carbocycles. The van der Waals surface area contributed by atoms with Crippen molar-refractivity contribution in [1.82, 2.24) is 0 Å². The molecule has 0 aliphatic heterocycles. The van der Waals surface area contributed by atoms with Gasteiger partial charge in [0.2, 0.25) is 0 Å². The molecule has 2 aliphatic rings. The summed E-state index contributed by atoms with van der Waals surface area (Å²) in [4.78, 5) is 0. The smallest absolute Gasteiger partial charge is 1.00 e. The van der Waals surface area contributed by atoms with E-state index in [0.29, 0.717) is 0 Å². The van der Waals surface area contributed by atoms with E-state index in [2.05, 4.69) is 88.4 Å². The van der Waals surface area contributed by atoms with Crippen LogP contribution in [0.25, 0.3) is 11.1 Å². The molecule has 148 valence electrons. The molecule has 0 saturated heterocycles.